The first-order chi connectivity index (χ1) is 12.3. The normalized spacial score (nSPS) is 13.7. The van der Waals surface area contributed by atoms with Crippen molar-refractivity contribution in [2.45, 2.75) is 23.2 Å². The lowest BCUT2D eigenvalue weighted by Crippen LogP contribution is -2.44. The van der Waals surface area contributed by atoms with E-state index in [2.05, 4.69) is 4.72 Å². The maximum atomic E-state index is 12.6. The fourth-order valence-corrected chi connectivity index (χ4v) is 3.89. The van der Waals surface area contributed by atoms with Gasteiger partial charge in [0.15, 0.2) is 0 Å². The quantitative estimate of drug-likeness (QED) is 0.574. The van der Waals surface area contributed by atoms with Crippen LogP contribution in [0.15, 0.2) is 53.4 Å². The van der Waals surface area contributed by atoms with Crippen LogP contribution in [0.2, 0.25) is 0 Å². The number of hydrogen-bond acceptors (Lipinski definition) is 5. The monoisotopic (exact) mass is 397 g/mol. The second kappa shape index (κ2) is 8.53. The van der Waals surface area contributed by atoms with E-state index in [-0.39, 0.29) is 4.90 Å². The highest BCUT2D eigenvalue weighted by Crippen LogP contribution is 2.29. The topological polar surface area (TPSA) is 81.7 Å². The maximum absolute atomic E-state index is 12.6. The van der Waals surface area contributed by atoms with E-state index >= 15 is 0 Å². The van der Waals surface area contributed by atoms with E-state index in [0.717, 1.165) is 5.56 Å². The summed E-state index contributed by atoms with van der Waals surface area (Å²) in [5.41, 5.74) is 1.44. The predicted octanol–water partition coefficient (Wildman–Crippen LogP) is 2.80. The summed E-state index contributed by atoms with van der Waals surface area (Å²) in [4.78, 5) is 12.2. The standard InChI is InChI=1S/C18H20ClNO5S/c1-12-7-9-15(10-8-12)26(22,23)20-17(18(21)25-3)16(19)13-5-4-6-14(11-13)24-2/h4-11,16-17,20H,1-3H3/t16-,17-/m0/s1. The minimum absolute atomic E-state index is 0.0338. The number of ether oxygens (including phenoxy) is 2. The Morgan fingerprint density at radius 1 is 1.12 bits per heavy atom. The molecule has 0 aromatic heterocycles. The van der Waals surface area contributed by atoms with Crippen LogP contribution < -0.4 is 9.46 Å². The summed E-state index contributed by atoms with van der Waals surface area (Å²) in [7, 11) is -1.30. The molecule has 2 atom stereocenters. The number of methoxy groups -OCH3 is 2. The van der Waals surface area contributed by atoms with Crippen LogP contribution >= 0.6 is 11.6 Å². The number of esters is 1. The summed E-state index contributed by atoms with van der Waals surface area (Å²) in [5, 5.41) is -0.988. The summed E-state index contributed by atoms with van der Waals surface area (Å²) in [5.74, 6) is -0.248. The van der Waals surface area contributed by atoms with E-state index in [0.29, 0.717) is 11.3 Å². The lowest BCUT2D eigenvalue weighted by Gasteiger charge is -2.22. The van der Waals surface area contributed by atoms with Gasteiger partial charge in [0.05, 0.1) is 24.5 Å². The third-order valence-electron chi connectivity index (χ3n) is 3.77. The van der Waals surface area contributed by atoms with Gasteiger partial charge in [-0.2, -0.15) is 4.72 Å². The van der Waals surface area contributed by atoms with Gasteiger partial charge in [0.2, 0.25) is 10.0 Å². The van der Waals surface area contributed by atoms with Gasteiger partial charge in [-0.15, -0.1) is 11.6 Å². The fraction of sp³-hybridized carbons (Fsp3) is 0.278. The fourth-order valence-electron chi connectivity index (χ4n) is 2.31. The Bertz CT molecular complexity index is 867. The second-order valence-corrected chi connectivity index (χ2v) is 7.80. The van der Waals surface area contributed by atoms with Gasteiger partial charge >= 0.3 is 5.97 Å². The van der Waals surface area contributed by atoms with E-state index < -0.39 is 27.4 Å². The number of aryl methyl sites for hydroxylation is 1. The number of halogens is 1. The molecule has 2 aromatic rings. The molecule has 2 aromatic carbocycles. The third-order valence-corrected chi connectivity index (χ3v) is 5.73. The average Bonchev–Trinajstić information content (AvgIpc) is 2.65. The van der Waals surface area contributed by atoms with Crippen LogP contribution in [0.25, 0.3) is 0 Å². The van der Waals surface area contributed by atoms with Gasteiger partial charge in [-0.25, -0.2) is 8.42 Å². The van der Waals surface area contributed by atoms with E-state index in [9.17, 15) is 13.2 Å². The SMILES string of the molecule is COC(=O)[C@@H](NS(=O)(=O)c1ccc(C)cc1)[C@@H](Cl)c1cccc(OC)c1. The van der Waals surface area contributed by atoms with Gasteiger partial charge in [0.25, 0.3) is 0 Å². The van der Waals surface area contributed by atoms with Crippen LogP contribution in [0.3, 0.4) is 0 Å². The summed E-state index contributed by atoms with van der Waals surface area (Å²) in [6.45, 7) is 1.85. The van der Waals surface area contributed by atoms with Crippen LogP contribution in [0.5, 0.6) is 5.75 Å². The molecule has 0 fully saturated rings. The molecule has 2 rings (SSSR count). The lowest BCUT2D eigenvalue weighted by atomic mass is 10.1. The van der Waals surface area contributed by atoms with Crippen LogP contribution in [-0.2, 0) is 19.6 Å². The van der Waals surface area contributed by atoms with Gasteiger partial charge in [0.1, 0.15) is 11.8 Å². The van der Waals surface area contributed by atoms with Gasteiger partial charge < -0.3 is 9.47 Å². The Balaban J connectivity index is 2.35. The zero-order chi connectivity index (χ0) is 19.3. The summed E-state index contributed by atoms with van der Waals surface area (Å²) in [6.07, 6.45) is 0. The highest BCUT2D eigenvalue weighted by molar-refractivity contribution is 7.89. The molecule has 0 amide bonds. The highest BCUT2D eigenvalue weighted by Gasteiger charge is 2.33. The van der Waals surface area contributed by atoms with Crippen LogP contribution in [-0.4, -0.2) is 34.6 Å². The van der Waals surface area contributed by atoms with Crippen molar-refractivity contribution in [3.05, 3.63) is 59.7 Å². The lowest BCUT2D eigenvalue weighted by molar-refractivity contribution is -0.142. The van der Waals surface area contributed by atoms with Crippen LogP contribution in [0, 0.1) is 6.92 Å². The highest BCUT2D eigenvalue weighted by atomic mass is 35.5. The molecule has 0 aliphatic heterocycles. The molecule has 0 spiro atoms. The minimum atomic E-state index is -3.97. The molecule has 140 valence electrons. The number of carbonyl (C=O) groups is 1. The molecule has 0 radical (unpaired) electrons. The molecule has 26 heavy (non-hydrogen) atoms. The van der Waals surface area contributed by atoms with Crippen molar-refractivity contribution in [2.24, 2.45) is 0 Å². The molecule has 0 saturated carbocycles. The number of hydrogen-bond donors (Lipinski definition) is 1. The first kappa shape index (κ1) is 20.2. The van der Waals surface area contributed by atoms with Gasteiger partial charge in [0, 0.05) is 0 Å². The summed E-state index contributed by atoms with van der Waals surface area (Å²) >= 11 is 6.41. The van der Waals surface area contributed by atoms with Crippen LogP contribution in [0.4, 0.5) is 0 Å². The zero-order valence-electron chi connectivity index (χ0n) is 14.6. The molecule has 0 bridgehead atoms. The first-order valence-corrected chi connectivity index (χ1v) is 9.65. The molecule has 6 nitrogen and oxygen atoms in total. The van der Waals surface area contributed by atoms with E-state index in [1.807, 2.05) is 6.92 Å². The molecule has 0 unspecified atom stereocenters. The number of benzene rings is 2. The molecule has 0 saturated heterocycles. The number of sulfonamides is 1. The van der Waals surface area contributed by atoms with Crippen molar-refractivity contribution in [1.82, 2.24) is 4.72 Å². The van der Waals surface area contributed by atoms with Gasteiger partial charge in [-0.05, 0) is 36.8 Å². The second-order valence-electron chi connectivity index (χ2n) is 5.61. The van der Waals surface area contributed by atoms with Crippen molar-refractivity contribution in [3.8, 4) is 5.75 Å². The van der Waals surface area contributed by atoms with Crippen molar-refractivity contribution < 1.29 is 22.7 Å². The number of rotatable bonds is 7. The van der Waals surface area contributed by atoms with Gasteiger partial charge in [-0.3, -0.25) is 4.79 Å². The summed E-state index contributed by atoms with van der Waals surface area (Å²) in [6, 6.07) is 11.7. The smallest absolute Gasteiger partial charge is 0.325 e. The Morgan fingerprint density at radius 3 is 2.35 bits per heavy atom. The predicted molar refractivity (Wildman–Crippen MR) is 98.9 cm³/mol. The molecular weight excluding hydrogens is 378 g/mol. The summed E-state index contributed by atoms with van der Waals surface area (Å²) < 4.78 is 37.5. The van der Waals surface area contributed by atoms with Gasteiger partial charge in [-0.1, -0.05) is 29.8 Å². The van der Waals surface area contributed by atoms with E-state index in [1.54, 1.807) is 36.4 Å². The zero-order valence-corrected chi connectivity index (χ0v) is 16.2. The van der Waals surface area contributed by atoms with Crippen molar-refractivity contribution in [2.75, 3.05) is 14.2 Å². The Labute approximate surface area is 158 Å². The minimum Gasteiger partial charge on any atom is -0.497 e. The van der Waals surface area contributed by atoms with Crippen LogP contribution in [0.1, 0.15) is 16.5 Å². The molecule has 0 aliphatic rings. The third kappa shape index (κ3) is 4.75. The largest absolute Gasteiger partial charge is 0.497 e. The van der Waals surface area contributed by atoms with E-state index in [1.165, 1.54) is 26.4 Å². The van der Waals surface area contributed by atoms with Crippen molar-refractivity contribution in [3.63, 3.8) is 0 Å². The Hall–Kier alpha value is -2.09. The molecule has 0 heterocycles. The number of nitrogens with one attached hydrogen (secondary N) is 1. The molecular formula is C18H20ClNO5S. The first-order valence-electron chi connectivity index (χ1n) is 7.73. The Kier molecular flexibility index (Phi) is 6.63. The molecule has 0 aliphatic carbocycles. The Morgan fingerprint density at radius 2 is 1.77 bits per heavy atom. The number of carbonyl (C=O) groups excluding carboxylic acids is 1. The van der Waals surface area contributed by atoms with E-state index in [4.69, 9.17) is 21.1 Å². The van der Waals surface area contributed by atoms with Crippen molar-refractivity contribution >= 4 is 27.6 Å². The molecule has 8 heteroatoms. The average molecular weight is 398 g/mol. The maximum Gasteiger partial charge on any atom is 0.325 e. The van der Waals surface area contributed by atoms with Crippen molar-refractivity contribution in [1.29, 1.82) is 0 Å². The number of alkyl halides is 1. The molecule has 1 N–H and O–H groups in total.